The lowest BCUT2D eigenvalue weighted by molar-refractivity contribution is -0.119. The molecule has 0 saturated heterocycles. The van der Waals surface area contributed by atoms with Crippen molar-refractivity contribution < 1.29 is 14.3 Å². The average Bonchev–Trinajstić information content (AvgIpc) is 2.64. The first-order valence-corrected chi connectivity index (χ1v) is 7.96. The van der Waals surface area contributed by atoms with Crippen molar-refractivity contribution in [3.05, 3.63) is 53.6 Å². The van der Waals surface area contributed by atoms with Gasteiger partial charge in [0.1, 0.15) is 0 Å². The summed E-state index contributed by atoms with van der Waals surface area (Å²) in [6.07, 6.45) is 1.01. The van der Waals surface area contributed by atoms with Crippen LogP contribution in [0.1, 0.15) is 18.1 Å². The van der Waals surface area contributed by atoms with E-state index in [1.54, 1.807) is 14.2 Å². The number of carbonyl (C=O) groups is 1. The molecule has 24 heavy (non-hydrogen) atoms. The highest BCUT2D eigenvalue weighted by Gasteiger charge is 2.06. The van der Waals surface area contributed by atoms with Crippen molar-refractivity contribution in [3.63, 3.8) is 0 Å². The van der Waals surface area contributed by atoms with E-state index in [1.165, 1.54) is 5.56 Å². The van der Waals surface area contributed by atoms with Gasteiger partial charge in [0.2, 0.25) is 5.91 Å². The molecule has 0 radical (unpaired) electrons. The minimum Gasteiger partial charge on any atom is -0.493 e. The molecule has 2 rings (SSSR count). The molecule has 0 bridgehead atoms. The van der Waals surface area contributed by atoms with Crippen LogP contribution in [0.5, 0.6) is 11.5 Å². The second kappa shape index (κ2) is 8.82. The number of hydrogen-bond acceptors (Lipinski definition) is 4. The Kier molecular flexibility index (Phi) is 6.49. The van der Waals surface area contributed by atoms with E-state index in [9.17, 15) is 4.79 Å². The smallest absolute Gasteiger partial charge is 0.239 e. The molecule has 0 spiro atoms. The predicted octanol–water partition coefficient (Wildman–Crippen LogP) is 2.99. The van der Waals surface area contributed by atoms with E-state index in [0.717, 1.165) is 17.7 Å². The van der Waals surface area contributed by atoms with E-state index in [2.05, 4.69) is 29.7 Å². The van der Waals surface area contributed by atoms with Crippen LogP contribution in [0.25, 0.3) is 0 Å². The first-order valence-electron chi connectivity index (χ1n) is 7.96. The molecular formula is C19H24N2O3. The molecule has 0 aliphatic carbocycles. The van der Waals surface area contributed by atoms with E-state index in [4.69, 9.17) is 9.47 Å². The molecule has 0 aliphatic heterocycles. The summed E-state index contributed by atoms with van der Waals surface area (Å²) in [7, 11) is 3.19. The Balaban J connectivity index is 1.82. The van der Waals surface area contributed by atoms with Crippen LogP contribution in [-0.4, -0.2) is 26.7 Å². The third kappa shape index (κ3) is 4.91. The van der Waals surface area contributed by atoms with Crippen molar-refractivity contribution in [2.75, 3.05) is 26.1 Å². The van der Waals surface area contributed by atoms with Crippen LogP contribution < -0.4 is 20.1 Å². The van der Waals surface area contributed by atoms with Crippen molar-refractivity contribution in [1.82, 2.24) is 5.32 Å². The fourth-order valence-electron chi connectivity index (χ4n) is 2.29. The number of hydrogen-bond donors (Lipinski definition) is 2. The molecule has 0 aromatic heterocycles. The van der Waals surface area contributed by atoms with Crippen molar-refractivity contribution >= 4 is 11.6 Å². The third-order valence-electron chi connectivity index (χ3n) is 3.75. The molecule has 1 amide bonds. The van der Waals surface area contributed by atoms with Gasteiger partial charge in [-0.1, -0.05) is 25.1 Å². The highest BCUT2D eigenvalue weighted by Crippen LogP contribution is 2.27. The zero-order valence-corrected chi connectivity index (χ0v) is 14.4. The number of benzene rings is 2. The largest absolute Gasteiger partial charge is 0.493 e. The van der Waals surface area contributed by atoms with Crippen molar-refractivity contribution in [1.29, 1.82) is 0 Å². The molecule has 2 aromatic carbocycles. The normalized spacial score (nSPS) is 10.1. The van der Waals surface area contributed by atoms with Crippen molar-refractivity contribution in [2.45, 2.75) is 19.9 Å². The first kappa shape index (κ1) is 17.7. The minimum atomic E-state index is -0.0654. The van der Waals surface area contributed by atoms with Gasteiger partial charge in [-0.05, 0) is 41.8 Å². The summed E-state index contributed by atoms with van der Waals surface area (Å²) in [4.78, 5) is 12.0. The Bertz CT molecular complexity index is 669. The number of aryl methyl sites for hydroxylation is 1. The zero-order chi connectivity index (χ0) is 17.4. The zero-order valence-electron chi connectivity index (χ0n) is 14.4. The van der Waals surface area contributed by atoms with E-state index >= 15 is 0 Å². The number of ether oxygens (including phenoxy) is 2. The maximum absolute atomic E-state index is 12.0. The van der Waals surface area contributed by atoms with E-state index in [-0.39, 0.29) is 12.5 Å². The molecule has 2 N–H and O–H groups in total. The van der Waals surface area contributed by atoms with Crippen molar-refractivity contribution in [3.8, 4) is 11.5 Å². The van der Waals surface area contributed by atoms with Crippen molar-refractivity contribution in [2.24, 2.45) is 0 Å². The van der Waals surface area contributed by atoms with Gasteiger partial charge in [-0.3, -0.25) is 4.79 Å². The number of rotatable bonds is 8. The molecular weight excluding hydrogens is 304 g/mol. The average molecular weight is 328 g/mol. The Morgan fingerprint density at radius 3 is 2.25 bits per heavy atom. The van der Waals surface area contributed by atoms with E-state index in [0.29, 0.717) is 18.0 Å². The second-order valence-electron chi connectivity index (χ2n) is 5.37. The molecule has 0 aliphatic rings. The van der Waals surface area contributed by atoms with Crippen LogP contribution in [0, 0.1) is 0 Å². The van der Waals surface area contributed by atoms with Crippen LogP contribution in [0.4, 0.5) is 5.69 Å². The van der Waals surface area contributed by atoms with E-state index < -0.39 is 0 Å². The maximum Gasteiger partial charge on any atom is 0.239 e. The van der Waals surface area contributed by atoms with Gasteiger partial charge in [-0.15, -0.1) is 0 Å². The number of methoxy groups -OCH3 is 2. The van der Waals surface area contributed by atoms with Gasteiger partial charge in [-0.2, -0.15) is 0 Å². The number of nitrogens with one attached hydrogen (secondary N) is 2. The highest BCUT2D eigenvalue weighted by atomic mass is 16.5. The quantitative estimate of drug-likeness (QED) is 0.782. The molecule has 0 unspecified atom stereocenters. The summed E-state index contributed by atoms with van der Waals surface area (Å²) in [5.41, 5.74) is 3.17. The summed E-state index contributed by atoms with van der Waals surface area (Å²) in [5.74, 6) is 1.26. The van der Waals surface area contributed by atoms with Gasteiger partial charge < -0.3 is 20.1 Å². The maximum atomic E-state index is 12.0. The third-order valence-corrected chi connectivity index (χ3v) is 3.75. The summed E-state index contributed by atoms with van der Waals surface area (Å²) in [6.45, 7) is 2.79. The SMILES string of the molecule is CCc1ccc(NCC(=O)NCc2ccc(OC)c(OC)c2)cc1. The van der Waals surface area contributed by atoms with Gasteiger partial charge in [0.15, 0.2) is 11.5 Å². The fraction of sp³-hybridized carbons (Fsp3) is 0.316. The molecule has 128 valence electrons. The Morgan fingerprint density at radius 1 is 0.958 bits per heavy atom. The van der Waals surface area contributed by atoms with Crippen LogP contribution >= 0.6 is 0 Å². The summed E-state index contributed by atoms with van der Waals surface area (Å²) in [6, 6.07) is 13.7. The van der Waals surface area contributed by atoms with Gasteiger partial charge in [0, 0.05) is 12.2 Å². The molecule has 2 aromatic rings. The lowest BCUT2D eigenvalue weighted by Gasteiger charge is -2.11. The lowest BCUT2D eigenvalue weighted by atomic mass is 10.1. The van der Waals surface area contributed by atoms with Crippen LogP contribution in [-0.2, 0) is 17.8 Å². The summed E-state index contributed by atoms with van der Waals surface area (Å²) >= 11 is 0. The molecule has 0 heterocycles. The first-order chi connectivity index (χ1) is 11.7. The molecule has 5 nitrogen and oxygen atoms in total. The van der Waals surface area contributed by atoms with Gasteiger partial charge in [-0.25, -0.2) is 0 Å². The fourth-order valence-corrected chi connectivity index (χ4v) is 2.29. The van der Waals surface area contributed by atoms with Crippen LogP contribution in [0.2, 0.25) is 0 Å². The minimum absolute atomic E-state index is 0.0654. The standard InChI is InChI=1S/C19H24N2O3/c1-4-14-5-8-16(9-6-14)20-13-19(22)21-12-15-7-10-17(23-2)18(11-15)24-3/h5-11,20H,4,12-13H2,1-3H3,(H,21,22). The molecule has 5 heteroatoms. The molecule has 0 atom stereocenters. The summed E-state index contributed by atoms with van der Waals surface area (Å²) < 4.78 is 10.5. The molecule has 0 fully saturated rings. The number of amides is 1. The second-order valence-corrected chi connectivity index (χ2v) is 5.37. The van der Waals surface area contributed by atoms with Crippen LogP contribution in [0.3, 0.4) is 0 Å². The van der Waals surface area contributed by atoms with Crippen LogP contribution in [0.15, 0.2) is 42.5 Å². The van der Waals surface area contributed by atoms with E-state index in [1.807, 2.05) is 30.3 Å². The Labute approximate surface area is 143 Å². The Hall–Kier alpha value is -2.69. The van der Waals surface area contributed by atoms with Gasteiger partial charge >= 0.3 is 0 Å². The van der Waals surface area contributed by atoms with Gasteiger partial charge in [0.05, 0.1) is 20.8 Å². The number of anilines is 1. The highest BCUT2D eigenvalue weighted by molar-refractivity contribution is 5.80. The Morgan fingerprint density at radius 2 is 1.62 bits per heavy atom. The summed E-state index contributed by atoms with van der Waals surface area (Å²) in [5, 5.41) is 6.00. The van der Waals surface area contributed by atoms with Gasteiger partial charge in [0.25, 0.3) is 0 Å². The molecule has 0 saturated carbocycles. The predicted molar refractivity (Wildman–Crippen MR) is 95.7 cm³/mol. The number of carbonyl (C=O) groups excluding carboxylic acids is 1. The monoisotopic (exact) mass is 328 g/mol. The lowest BCUT2D eigenvalue weighted by Crippen LogP contribution is -2.29. The topological polar surface area (TPSA) is 59.6 Å².